The van der Waals surface area contributed by atoms with Crippen LogP contribution in [0.3, 0.4) is 0 Å². The second kappa shape index (κ2) is 3.75. The van der Waals surface area contributed by atoms with Gasteiger partial charge in [-0.2, -0.15) is 0 Å². The molecule has 0 spiro atoms. The van der Waals surface area contributed by atoms with Gasteiger partial charge in [0.15, 0.2) is 0 Å². The molecule has 0 amide bonds. The Hall–Kier alpha value is -0.0800. The summed E-state index contributed by atoms with van der Waals surface area (Å²) in [7, 11) is 0. The Kier molecular flexibility index (Phi) is 3.13. The zero-order valence-corrected chi connectivity index (χ0v) is 8.43. The van der Waals surface area contributed by atoms with E-state index in [0.717, 1.165) is 0 Å². The van der Waals surface area contributed by atoms with Crippen molar-refractivity contribution in [3.63, 3.8) is 0 Å². The molecule has 0 aromatic heterocycles. The zero-order chi connectivity index (χ0) is 9.19. The van der Waals surface area contributed by atoms with E-state index < -0.39 is 5.60 Å². The highest BCUT2D eigenvalue weighted by atomic mass is 16.3. The third-order valence-electron chi connectivity index (χ3n) is 2.90. The average Bonchev–Trinajstić information content (AvgIpc) is 2.37. The van der Waals surface area contributed by atoms with Gasteiger partial charge in [-0.25, -0.2) is 0 Å². The first-order valence-electron chi connectivity index (χ1n) is 4.98. The molecular formula is C10H21NO. The highest BCUT2D eigenvalue weighted by Gasteiger charge is 2.25. The molecule has 1 rings (SSSR count). The van der Waals surface area contributed by atoms with Gasteiger partial charge in [-0.15, -0.1) is 0 Å². The van der Waals surface area contributed by atoms with Crippen molar-refractivity contribution in [2.75, 3.05) is 0 Å². The summed E-state index contributed by atoms with van der Waals surface area (Å²) in [5.74, 6) is 0. The van der Waals surface area contributed by atoms with Gasteiger partial charge in [-0.1, -0.05) is 12.8 Å². The van der Waals surface area contributed by atoms with Crippen molar-refractivity contribution in [1.82, 2.24) is 5.32 Å². The van der Waals surface area contributed by atoms with Gasteiger partial charge >= 0.3 is 0 Å². The van der Waals surface area contributed by atoms with Crippen LogP contribution in [-0.4, -0.2) is 22.8 Å². The van der Waals surface area contributed by atoms with Crippen molar-refractivity contribution in [3.8, 4) is 0 Å². The molecule has 0 aromatic rings. The molecule has 1 aliphatic rings. The third kappa shape index (κ3) is 2.76. The molecule has 1 saturated carbocycles. The molecule has 0 aromatic carbocycles. The molecule has 0 aliphatic heterocycles. The summed E-state index contributed by atoms with van der Waals surface area (Å²) in [6.07, 6.45) is 5.24. The van der Waals surface area contributed by atoms with Crippen LogP contribution in [0.5, 0.6) is 0 Å². The molecule has 2 heteroatoms. The summed E-state index contributed by atoms with van der Waals surface area (Å²) in [6.45, 7) is 5.78. The Bertz CT molecular complexity index is 133. The van der Waals surface area contributed by atoms with Gasteiger partial charge in [-0.05, 0) is 33.6 Å². The largest absolute Gasteiger partial charge is 0.389 e. The van der Waals surface area contributed by atoms with Crippen LogP contribution >= 0.6 is 0 Å². The number of rotatable bonds is 3. The molecule has 2 nitrogen and oxygen atoms in total. The minimum absolute atomic E-state index is 0.195. The molecule has 1 unspecified atom stereocenters. The molecule has 72 valence electrons. The quantitative estimate of drug-likeness (QED) is 0.677. The van der Waals surface area contributed by atoms with E-state index in [1.807, 2.05) is 13.8 Å². The van der Waals surface area contributed by atoms with Crippen molar-refractivity contribution in [1.29, 1.82) is 0 Å². The number of hydrogen-bond acceptors (Lipinski definition) is 2. The number of aliphatic hydroxyl groups is 1. The second-order valence-corrected chi connectivity index (χ2v) is 4.52. The summed E-state index contributed by atoms with van der Waals surface area (Å²) in [4.78, 5) is 0. The fourth-order valence-corrected chi connectivity index (χ4v) is 1.65. The van der Waals surface area contributed by atoms with Gasteiger partial charge in [0.1, 0.15) is 0 Å². The van der Waals surface area contributed by atoms with E-state index in [4.69, 9.17) is 0 Å². The normalized spacial score (nSPS) is 23.0. The smallest absolute Gasteiger partial charge is 0.0741 e. The lowest BCUT2D eigenvalue weighted by Gasteiger charge is -2.29. The van der Waals surface area contributed by atoms with Crippen molar-refractivity contribution in [3.05, 3.63) is 0 Å². The highest BCUT2D eigenvalue weighted by molar-refractivity contribution is 4.84. The SMILES string of the molecule is CC(NC1CCCC1)C(C)(C)O. The summed E-state index contributed by atoms with van der Waals surface area (Å²) in [5, 5.41) is 13.2. The maximum absolute atomic E-state index is 9.68. The molecule has 0 radical (unpaired) electrons. The van der Waals surface area contributed by atoms with E-state index in [1.54, 1.807) is 0 Å². The van der Waals surface area contributed by atoms with Gasteiger partial charge in [0.2, 0.25) is 0 Å². The summed E-state index contributed by atoms with van der Waals surface area (Å²) < 4.78 is 0. The monoisotopic (exact) mass is 171 g/mol. The molecule has 0 bridgehead atoms. The van der Waals surface area contributed by atoms with Crippen molar-refractivity contribution in [2.24, 2.45) is 0 Å². The maximum atomic E-state index is 9.68. The third-order valence-corrected chi connectivity index (χ3v) is 2.90. The van der Waals surface area contributed by atoms with Gasteiger partial charge < -0.3 is 10.4 Å². The lowest BCUT2D eigenvalue weighted by Crippen LogP contribution is -2.48. The Morgan fingerprint density at radius 2 is 1.83 bits per heavy atom. The zero-order valence-electron chi connectivity index (χ0n) is 8.43. The average molecular weight is 171 g/mol. The fraction of sp³-hybridized carbons (Fsp3) is 1.00. The maximum Gasteiger partial charge on any atom is 0.0741 e. The summed E-state index contributed by atoms with van der Waals surface area (Å²) in [5.41, 5.74) is -0.595. The van der Waals surface area contributed by atoms with Crippen LogP contribution in [0.1, 0.15) is 46.5 Å². The topological polar surface area (TPSA) is 32.3 Å². The lowest BCUT2D eigenvalue weighted by atomic mass is 10.00. The van der Waals surface area contributed by atoms with Crippen LogP contribution in [0.2, 0.25) is 0 Å². The predicted octanol–water partition coefficient (Wildman–Crippen LogP) is 1.68. The van der Waals surface area contributed by atoms with Gasteiger partial charge in [0, 0.05) is 12.1 Å². The van der Waals surface area contributed by atoms with Crippen LogP contribution in [-0.2, 0) is 0 Å². The van der Waals surface area contributed by atoms with Crippen molar-refractivity contribution >= 4 is 0 Å². The van der Waals surface area contributed by atoms with Crippen LogP contribution in [0.4, 0.5) is 0 Å². The molecule has 1 atom stereocenters. The molecule has 1 fully saturated rings. The van der Waals surface area contributed by atoms with Crippen molar-refractivity contribution in [2.45, 2.75) is 64.1 Å². The molecule has 2 N–H and O–H groups in total. The summed E-state index contributed by atoms with van der Waals surface area (Å²) >= 11 is 0. The Morgan fingerprint density at radius 3 is 2.25 bits per heavy atom. The van der Waals surface area contributed by atoms with E-state index in [-0.39, 0.29) is 6.04 Å². The van der Waals surface area contributed by atoms with E-state index in [0.29, 0.717) is 6.04 Å². The Morgan fingerprint density at radius 1 is 1.33 bits per heavy atom. The van der Waals surface area contributed by atoms with E-state index in [2.05, 4.69) is 12.2 Å². The van der Waals surface area contributed by atoms with E-state index >= 15 is 0 Å². The fourth-order valence-electron chi connectivity index (χ4n) is 1.65. The molecular weight excluding hydrogens is 150 g/mol. The molecule has 12 heavy (non-hydrogen) atoms. The lowest BCUT2D eigenvalue weighted by molar-refractivity contribution is 0.0401. The van der Waals surface area contributed by atoms with E-state index in [1.165, 1.54) is 25.7 Å². The van der Waals surface area contributed by atoms with Crippen LogP contribution in [0.15, 0.2) is 0 Å². The first-order valence-corrected chi connectivity index (χ1v) is 4.98. The van der Waals surface area contributed by atoms with Gasteiger partial charge in [-0.3, -0.25) is 0 Å². The van der Waals surface area contributed by atoms with Crippen LogP contribution in [0.25, 0.3) is 0 Å². The van der Waals surface area contributed by atoms with Crippen LogP contribution in [0, 0.1) is 0 Å². The minimum atomic E-state index is -0.595. The molecule has 0 saturated heterocycles. The van der Waals surface area contributed by atoms with Crippen molar-refractivity contribution < 1.29 is 5.11 Å². The molecule has 0 heterocycles. The first-order chi connectivity index (χ1) is 5.50. The molecule has 1 aliphatic carbocycles. The van der Waals surface area contributed by atoms with Gasteiger partial charge in [0.25, 0.3) is 0 Å². The number of nitrogens with one attached hydrogen (secondary N) is 1. The standard InChI is InChI=1S/C10H21NO/c1-8(10(2,3)12)11-9-6-4-5-7-9/h8-9,11-12H,4-7H2,1-3H3. The number of hydrogen-bond donors (Lipinski definition) is 2. The predicted molar refractivity (Wildman–Crippen MR) is 51.2 cm³/mol. The first kappa shape index (κ1) is 10.0. The Balaban J connectivity index is 2.30. The minimum Gasteiger partial charge on any atom is -0.389 e. The van der Waals surface area contributed by atoms with Crippen LogP contribution < -0.4 is 5.32 Å². The van der Waals surface area contributed by atoms with Gasteiger partial charge in [0.05, 0.1) is 5.60 Å². The second-order valence-electron chi connectivity index (χ2n) is 4.52. The highest BCUT2D eigenvalue weighted by Crippen LogP contribution is 2.20. The Labute approximate surface area is 75.4 Å². The summed E-state index contributed by atoms with van der Waals surface area (Å²) in [6, 6.07) is 0.840. The van der Waals surface area contributed by atoms with E-state index in [9.17, 15) is 5.11 Å².